The van der Waals surface area contributed by atoms with Gasteiger partial charge in [-0.1, -0.05) is 39.0 Å². The van der Waals surface area contributed by atoms with Crippen LogP contribution in [0.5, 0.6) is 0 Å². The van der Waals surface area contributed by atoms with Gasteiger partial charge in [-0.15, -0.1) is 0 Å². The molecule has 1 saturated carbocycles. The number of allylic oxidation sites excluding steroid dienone is 2. The highest BCUT2D eigenvalue weighted by Gasteiger charge is 2.52. The monoisotopic (exact) mass is 474 g/mol. The molecule has 0 aromatic carbocycles. The van der Waals surface area contributed by atoms with E-state index in [1.165, 1.54) is 39.2 Å². The van der Waals surface area contributed by atoms with Gasteiger partial charge in [0.1, 0.15) is 11.7 Å². The number of nitrogens with one attached hydrogen (secondary N) is 3. The maximum atomic E-state index is 13.3. The first kappa shape index (κ1) is 26.1. The summed E-state index contributed by atoms with van der Waals surface area (Å²) in [6.45, 7) is 8.51. The third kappa shape index (κ3) is 5.94. The lowest BCUT2D eigenvalue weighted by Gasteiger charge is -2.53. The molecule has 0 aromatic heterocycles. The smallest absolute Gasteiger partial charge is 0.408 e. The van der Waals surface area contributed by atoms with E-state index in [2.05, 4.69) is 22.9 Å². The summed E-state index contributed by atoms with van der Waals surface area (Å²) in [5.74, 6) is 0.965. The molecule has 0 radical (unpaired) electrons. The largest absolute Gasteiger partial charge is 0.453 e. The minimum atomic E-state index is -0.781. The van der Waals surface area contributed by atoms with E-state index in [0.29, 0.717) is 31.2 Å². The average Bonchev–Trinajstić information content (AvgIpc) is 2.80. The number of carbonyl (C=O) groups excluding carboxylic acids is 3. The molecule has 34 heavy (non-hydrogen) atoms. The Bertz CT molecular complexity index is 820. The van der Waals surface area contributed by atoms with Crippen LogP contribution in [0.4, 0.5) is 4.79 Å². The first-order chi connectivity index (χ1) is 16.2. The van der Waals surface area contributed by atoms with Crippen molar-refractivity contribution in [1.29, 1.82) is 0 Å². The van der Waals surface area contributed by atoms with Gasteiger partial charge in [0.05, 0.1) is 7.11 Å². The van der Waals surface area contributed by atoms with Gasteiger partial charge < -0.3 is 20.3 Å². The van der Waals surface area contributed by atoms with Crippen molar-refractivity contribution in [3.63, 3.8) is 0 Å². The van der Waals surface area contributed by atoms with Gasteiger partial charge >= 0.3 is 6.09 Å². The lowest BCUT2D eigenvalue weighted by molar-refractivity contribution is -0.162. The van der Waals surface area contributed by atoms with Crippen LogP contribution in [0.1, 0.15) is 72.6 Å². The highest BCUT2D eigenvalue weighted by molar-refractivity contribution is 5.90. The number of hydrogen-bond donors (Lipinski definition) is 3. The van der Waals surface area contributed by atoms with Gasteiger partial charge in [-0.3, -0.25) is 14.9 Å². The molecular formula is C26H42N4O4. The number of dihydropyridines is 1. The molecule has 2 fully saturated rings. The second kappa shape index (κ2) is 11.3. The van der Waals surface area contributed by atoms with Crippen LogP contribution in [0.15, 0.2) is 23.9 Å². The Labute approximate surface area is 203 Å². The molecule has 2 unspecified atom stereocenters. The number of carbonyl (C=O) groups is 3. The SMILES string of the molecule is CCNC(=O)[C@@H]1[C@@H](CC2=CC(C)(NC(=O)OC)NC=C2)C(C)N1C(=O)C[C@H](C)C1CCCCC1. The van der Waals surface area contributed by atoms with E-state index in [1.807, 2.05) is 37.8 Å². The first-order valence-electron chi connectivity index (χ1n) is 12.8. The summed E-state index contributed by atoms with van der Waals surface area (Å²) in [6.07, 6.45) is 12.5. The fourth-order valence-electron chi connectivity index (χ4n) is 5.86. The Kier molecular flexibility index (Phi) is 8.66. The molecule has 3 aliphatic rings. The number of hydrogen-bond acceptors (Lipinski definition) is 5. The molecule has 2 heterocycles. The van der Waals surface area contributed by atoms with Crippen LogP contribution in [0.2, 0.25) is 0 Å². The van der Waals surface area contributed by atoms with Gasteiger partial charge in [0.25, 0.3) is 0 Å². The molecule has 5 atom stereocenters. The van der Waals surface area contributed by atoms with Crippen LogP contribution in [0, 0.1) is 17.8 Å². The molecule has 0 spiro atoms. The zero-order valence-corrected chi connectivity index (χ0v) is 21.4. The standard InChI is InChI=1S/C26H42N4O4/c1-6-27-24(32)23-21(15-19-12-13-28-26(4,16-19)29-25(33)34-5)18(3)30(23)22(31)14-17(2)20-10-8-7-9-11-20/h12-13,16-18,20-21,23,28H,6-11,14-15H2,1-5H3,(H,27,32)(H,29,33)/t17-,18?,21-,23-,26?/m0/s1. The van der Waals surface area contributed by atoms with Crippen LogP contribution in [0.25, 0.3) is 0 Å². The summed E-state index contributed by atoms with van der Waals surface area (Å²) < 4.78 is 4.73. The second-order valence-electron chi connectivity index (χ2n) is 10.3. The second-order valence-corrected chi connectivity index (χ2v) is 10.3. The van der Waals surface area contributed by atoms with Crippen molar-refractivity contribution in [3.8, 4) is 0 Å². The summed E-state index contributed by atoms with van der Waals surface area (Å²) in [5, 5.41) is 8.85. The molecule has 190 valence electrons. The summed E-state index contributed by atoms with van der Waals surface area (Å²) in [7, 11) is 1.33. The van der Waals surface area contributed by atoms with E-state index < -0.39 is 17.8 Å². The Morgan fingerprint density at radius 2 is 1.97 bits per heavy atom. The van der Waals surface area contributed by atoms with Crippen LogP contribution in [-0.4, -0.2) is 54.2 Å². The van der Waals surface area contributed by atoms with Crippen molar-refractivity contribution < 1.29 is 19.1 Å². The Morgan fingerprint density at radius 3 is 2.62 bits per heavy atom. The lowest BCUT2D eigenvalue weighted by Crippen LogP contribution is -2.69. The highest BCUT2D eigenvalue weighted by atomic mass is 16.5. The first-order valence-corrected chi connectivity index (χ1v) is 12.8. The quantitative estimate of drug-likeness (QED) is 0.500. The minimum Gasteiger partial charge on any atom is -0.453 e. The van der Waals surface area contributed by atoms with Crippen LogP contribution >= 0.6 is 0 Å². The highest BCUT2D eigenvalue weighted by Crippen LogP contribution is 2.40. The predicted octanol–water partition coefficient (Wildman–Crippen LogP) is 3.45. The summed E-state index contributed by atoms with van der Waals surface area (Å²) in [4.78, 5) is 39.9. The fraction of sp³-hybridized carbons (Fsp3) is 0.731. The maximum absolute atomic E-state index is 13.3. The van der Waals surface area contributed by atoms with Gasteiger partial charge in [-0.25, -0.2) is 4.79 Å². The molecular weight excluding hydrogens is 432 g/mol. The normalized spacial score (nSPS) is 29.9. The number of rotatable bonds is 8. The van der Waals surface area contributed by atoms with Gasteiger partial charge in [0, 0.05) is 24.9 Å². The molecule has 2 aliphatic heterocycles. The third-order valence-corrected chi connectivity index (χ3v) is 7.80. The zero-order chi connectivity index (χ0) is 24.9. The Morgan fingerprint density at radius 1 is 1.26 bits per heavy atom. The van der Waals surface area contributed by atoms with E-state index >= 15 is 0 Å². The molecule has 0 aromatic rings. The van der Waals surface area contributed by atoms with Crippen molar-refractivity contribution in [2.24, 2.45) is 17.8 Å². The fourth-order valence-corrected chi connectivity index (χ4v) is 5.86. The molecule has 0 bridgehead atoms. The lowest BCUT2D eigenvalue weighted by atomic mass is 9.74. The van der Waals surface area contributed by atoms with Gasteiger partial charge in [0.2, 0.25) is 11.8 Å². The van der Waals surface area contributed by atoms with Crippen molar-refractivity contribution in [2.75, 3.05) is 13.7 Å². The van der Waals surface area contributed by atoms with Crippen molar-refractivity contribution in [2.45, 2.75) is 90.4 Å². The van der Waals surface area contributed by atoms with Crippen LogP contribution < -0.4 is 16.0 Å². The number of amides is 3. The number of likely N-dealkylation sites (tertiary alicyclic amines) is 1. The molecule has 8 heteroatoms. The minimum absolute atomic E-state index is 0.0110. The van der Waals surface area contributed by atoms with Crippen molar-refractivity contribution in [1.82, 2.24) is 20.9 Å². The van der Waals surface area contributed by atoms with Crippen LogP contribution in [0.3, 0.4) is 0 Å². The van der Waals surface area contributed by atoms with Crippen molar-refractivity contribution in [3.05, 3.63) is 23.9 Å². The van der Waals surface area contributed by atoms with E-state index in [0.717, 1.165) is 5.57 Å². The van der Waals surface area contributed by atoms with E-state index in [9.17, 15) is 14.4 Å². The Hall–Kier alpha value is -2.51. The summed E-state index contributed by atoms with van der Waals surface area (Å²) in [6, 6.07) is -0.493. The van der Waals surface area contributed by atoms with E-state index in [-0.39, 0.29) is 23.8 Å². The van der Waals surface area contributed by atoms with Gasteiger partial charge in [-0.05, 0) is 63.0 Å². The van der Waals surface area contributed by atoms with Gasteiger partial charge in [0.15, 0.2) is 0 Å². The molecule has 1 saturated heterocycles. The summed E-state index contributed by atoms with van der Waals surface area (Å²) >= 11 is 0. The molecule has 1 aliphatic carbocycles. The molecule has 3 rings (SSSR count). The Balaban J connectivity index is 1.70. The predicted molar refractivity (Wildman–Crippen MR) is 132 cm³/mol. The molecule has 8 nitrogen and oxygen atoms in total. The number of alkyl carbamates (subject to hydrolysis) is 1. The van der Waals surface area contributed by atoms with Gasteiger partial charge in [-0.2, -0.15) is 0 Å². The third-order valence-electron chi connectivity index (χ3n) is 7.80. The number of nitrogens with zero attached hydrogens (tertiary/aromatic N) is 1. The topological polar surface area (TPSA) is 99.8 Å². The zero-order valence-electron chi connectivity index (χ0n) is 21.4. The number of ether oxygens (including phenoxy) is 1. The maximum Gasteiger partial charge on any atom is 0.408 e. The summed E-state index contributed by atoms with van der Waals surface area (Å²) in [5.41, 5.74) is 0.225. The molecule has 3 amide bonds. The molecule has 3 N–H and O–H groups in total. The number of methoxy groups -OCH3 is 1. The number of likely N-dealkylation sites (N-methyl/N-ethyl adjacent to an activating group) is 1. The van der Waals surface area contributed by atoms with Crippen molar-refractivity contribution >= 4 is 17.9 Å². The van der Waals surface area contributed by atoms with Crippen LogP contribution in [-0.2, 0) is 14.3 Å². The van der Waals surface area contributed by atoms with E-state index in [1.54, 1.807) is 6.20 Å². The van der Waals surface area contributed by atoms with E-state index in [4.69, 9.17) is 4.74 Å². The average molecular weight is 475 g/mol.